The molecule has 2 rings (SSSR count). The molecule has 1 aromatic rings. The van der Waals surface area contributed by atoms with Crippen LogP contribution >= 0.6 is 15.9 Å². The van der Waals surface area contributed by atoms with Crippen LogP contribution in [-0.2, 0) is 11.3 Å². The largest absolute Gasteiger partial charge is 0.480 e. The summed E-state index contributed by atoms with van der Waals surface area (Å²) in [5, 5.41) is 9.33. The number of carboxylic acid groups (broad SMARTS) is 1. The Kier molecular flexibility index (Phi) is 3.94. The maximum Gasteiger partial charge on any atom is 0.326 e. The van der Waals surface area contributed by atoms with Crippen LogP contribution in [0.4, 0.5) is 0 Å². The molecule has 5 heteroatoms. The lowest BCUT2D eigenvalue weighted by atomic mass is 10.0. The average molecular weight is 326 g/mol. The van der Waals surface area contributed by atoms with E-state index in [4.69, 9.17) is 0 Å². The van der Waals surface area contributed by atoms with Crippen LogP contribution in [0.5, 0.6) is 0 Å². The van der Waals surface area contributed by atoms with Gasteiger partial charge >= 0.3 is 5.97 Å². The first-order valence-electron chi connectivity index (χ1n) is 6.22. The van der Waals surface area contributed by atoms with E-state index in [0.717, 1.165) is 10.0 Å². The first-order valence-corrected chi connectivity index (χ1v) is 7.01. The van der Waals surface area contributed by atoms with Gasteiger partial charge in [-0.1, -0.05) is 29.8 Å². The molecule has 0 aliphatic carbocycles. The van der Waals surface area contributed by atoms with Gasteiger partial charge in [0.15, 0.2) is 0 Å². The summed E-state index contributed by atoms with van der Waals surface area (Å²) in [6, 6.07) is 4.68. The van der Waals surface area contributed by atoms with Gasteiger partial charge in [-0.2, -0.15) is 0 Å². The highest BCUT2D eigenvalue weighted by Crippen LogP contribution is 2.29. The molecule has 1 aromatic carbocycles. The van der Waals surface area contributed by atoms with Crippen LogP contribution in [-0.4, -0.2) is 27.9 Å². The minimum Gasteiger partial charge on any atom is -0.480 e. The van der Waals surface area contributed by atoms with Crippen molar-refractivity contribution in [2.75, 3.05) is 0 Å². The zero-order valence-corrected chi connectivity index (χ0v) is 12.5. The number of amides is 1. The standard InChI is InChI=1S/C14H16BrNO3/c1-8(2)5-12(14(18)19)16-7-9-6-10(15)3-4-11(9)13(16)17/h3-4,6,8,12H,5,7H2,1-2H3,(H,18,19). The Bertz CT molecular complexity index is 527. The fourth-order valence-electron chi connectivity index (χ4n) is 2.37. The maximum absolute atomic E-state index is 12.3. The van der Waals surface area contributed by atoms with E-state index in [1.165, 1.54) is 4.90 Å². The van der Waals surface area contributed by atoms with Crippen molar-refractivity contribution in [3.63, 3.8) is 0 Å². The number of fused-ring (bicyclic) bond motifs is 1. The summed E-state index contributed by atoms with van der Waals surface area (Å²) in [5.74, 6) is -0.895. The first kappa shape index (κ1) is 14.1. The lowest BCUT2D eigenvalue weighted by Crippen LogP contribution is -2.42. The van der Waals surface area contributed by atoms with Gasteiger partial charge in [0.2, 0.25) is 0 Å². The van der Waals surface area contributed by atoms with Crippen LogP contribution < -0.4 is 0 Å². The number of benzene rings is 1. The van der Waals surface area contributed by atoms with Crippen molar-refractivity contribution in [2.24, 2.45) is 5.92 Å². The molecule has 1 N–H and O–H groups in total. The van der Waals surface area contributed by atoms with Gasteiger partial charge in [0.1, 0.15) is 6.04 Å². The lowest BCUT2D eigenvalue weighted by molar-refractivity contribution is -0.143. The van der Waals surface area contributed by atoms with Crippen molar-refractivity contribution in [3.05, 3.63) is 33.8 Å². The molecule has 0 radical (unpaired) electrons. The van der Waals surface area contributed by atoms with Gasteiger partial charge in [0.25, 0.3) is 5.91 Å². The molecule has 1 amide bonds. The van der Waals surface area contributed by atoms with E-state index in [9.17, 15) is 14.7 Å². The van der Waals surface area contributed by atoms with E-state index < -0.39 is 12.0 Å². The topological polar surface area (TPSA) is 57.6 Å². The summed E-state index contributed by atoms with van der Waals surface area (Å²) < 4.78 is 0.900. The van der Waals surface area contributed by atoms with Gasteiger partial charge in [0.05, 0.1) is 0 Å². The molecule has 0 fully saturated rings. The summed E-state index contributed by atoms with van der Waals surface area (Å²) >= 11 is 3.36. The Morgan fingerprint density at radius 3 is 2.74 bits per heavy atom. The van der Waals surface area contributed by atoms with E-state index in [1.54, 1.807) is 12.1 Å². The number of nitrogens with zero attached hydrogens (tertiary/aromatic N) is 1. The fourth-order valence-corrected chi connectivity index (χ4v) is 2.78. The Hall–Kier alpha value is -1.36. The quantitative estimate of drug-likeness (QED) is 0.925. The molecular formula is C14H16BrNO3. The summed E-state index contributed by atoms with van der Waals surface area (Å²) in [6.45, 7) is 4.29. The predicted molar refractivity (Wildman–Crippen MR) is 74.9 cm³/mol. The van der Waals surface area contributed by atoms with E-state index in [1.807, 2.05) is 19.9 Å². The predicted octanol–water partition coefficient (Wildman–Crippen LogP) is 2.90. The van der Waals surface area contributed by atoms with Crippen LogP contribution in [0, 0.1) is 5.92 Å². The van der Waals surface area contributed by atoms with Crippen LogP contribution in [0.15, 0.2) is 22.7 Å². The third-order valence-corrected chi connectivity index (χ3v) is 3.75. The van der Waals surface area contributed by atoms with Crippen LogP contribution in [0.2, 0.25) is 0 Å². The Morgan fingerprint density at radius 2 is 2.16 bits per heavy atom. The smallest absolute Gasteiger partial charge is 0.326 e. The third-order valence-electron chi connectivity index (χ3n) is 3.26. The minimum atomic E-state index is -0.936. The molecular weight excluding hydrogens is 310 g/mol. The van der Waals surface area contributed by atoms with Gasteiger partial charge in [-0.3, -0.25) is 4.79 Å². The van der Waals surface area contributed by atoms with Crippen molar-refractivity contribution in [3.8, 4) is 0 Å². The van der Waals surface area contributed by atoms with Crippen LogP contribution in [0.1, 0.15) is 36.2 Å². The van der Waals surface area contributed by atoms with Crippen molar-refractivity contribution in [1.82, 2.24) is 4.90 Å². The van der Waals surface area contributed by atoms with Gasteiger partial charge in [-0.05, 0) is 36.1 Å². The highest BCUT2D eigenvalue weighted by molar-refractivity contribution is 9.10. The summed E-state index contributed by atoms with van der Waals surface area (Å²) in [7, 11) is 0. The van der Waals surface area contributed by atoms with Gasteiger partial charge in [0, 0.05) is 16.6 Å². The van der Waals surface area contributed by atoms with E-state index >= 15 is 0 Å². The summed E-state index contributed by atoms with van der Waals surface area (Å²) in [5.41, 5.74) is 1.49. The fraction of sp³-hybridized carbons (Fsp3) is 0.429. The summed E-state index contributed by atoms with van der Waals surface area (Å²) in [4.78, 5) is 25.1. The number of aliphatic carboxylic acids is 1. The molecule has 1 heterocycles. The van der Waals surface area contributed by atoms with E-state index in [-0.39, 0.29) is 11.8 Å². The molecule has 1 atom stereocenters. The molecule has 1 unspecified atom stereocenters. The number of hydrogen-bond donors (Lipinski definition) is 1. The Labute approximate surface area is 120 Å². The first-order chi connectivity index (χ1) is 8.90. The second kappa shape index (κ2) is 5.33. The second-order valence-electron chi connectivity index (χ2n) is 5.22. The van der Waals surface area contributed by atoms with Crippen molar-refractivity contribution >= 4 is 27.8 Å². The molecule has 4 nitrogen and oxygen atoms in total. The third kappa shape index (κ3) is 2.81. The maximum atomic E-state index is 12.3. The van der Waals surface area contributed by atoms with Gasteiger partial charge < -0.3 is 10.0 Å². The lowest BCUT2D eigenvalue weighted by Gasteiger charge is -2.25. The number of carbonyl (C=O) groups is 2. The Balaban J connectivity index is 2.28. The molecule has 0 spiro atoms. The Morgan fingerprint density at radius 1 is 1.47 bits per heavy atom. The van der Waals surface area contributed by atoms with Crippen molar-refractivity contribution in [1.29, 1.82) is 0 Å². The molecule has 0 saturated carbocycles. The van der Waals surface area contributed by atoms with Crippen LogP contribution in [0.3, 0.4) is 0 Å². The number of carboxylic acids is 1. The molecule has 1 aliphatic rings. The average Bonchev–Trinajstić information content (AvgIpc) is 2.62. The van der Waals surface area contributed by atoms with Crippen molar-refractivity contribution in [2.45, 2.75) is 32.9 Å². The van der Waals surface area contributed by atoms with Gasteiger partial charge in [-0.25, -0.2) is 4.79 Å². The van der Waals surface area contributed by atoms with Crippen molar-refractivity contribution < 1.29 is 14.7 Å². The zero-order valence-electron chi connectivity index (χ0n) is 10.9. The zero-order chi connectivity index (χ0) is 14.2. The van der Waals surface area contributed by atoms with E-state index in [0.29, 0.717) is 18.5 Å². The highest BCUT2D eigenvalue weighted by Gasteiger charge is 2.36. The molecule has 19 heavy (non-hydrogen) atoms. The second-order valence-corrected chi connectivity index (χ2v) is 6.13. The molecule has 0 saturated heterocycles. The minimum absolute atomic E-state index is 0.185. The number of halogens is 1. The SMILES string of the molecule is CC(C)CC(C(=O)O)N1Cc2cc(Br)ccc2C1=O. The van der Waals surface area contributed by atoms with E-state index in [2.05, 4.69) is 15.9 Å². The number of carbonyl (C=O) groups excluding carboxylic acids is 1. The monoisotopic (exact) mass is 325 g/mol. The molecule has 0 bridgehead atoms. The van der Waals surface area contributed by atoms with Crippen LogP contribution in [0.25, 0.3) is 0 Å². The van der Waals surface area contributed by atoms with Gasteiger partial charge in [-0.15, -0.1) is 0 Å². The number of hydrogen-bond acceptors (Lipinski definition) is 2. The summed E-state index contributed by atoms with van der Waals surface area (Å²) in [6.07, 6.45) is 0.468. The highest BCUT2D eigenvalue weighted by atomic mass is 79.9. The normalized spacial score (nSPS) is 15.8. The molecule has 0 aromatic heterocycles. The molecule has 1 aliphatic heterocycles. The molecule has 102 valence electrons. The number of rotatable bonds is 4.